The molecule has 0 unspecified atom stereocenters. The fourth-order valence-electron chi connectivity index (χ4n) is 0.832. The van der Waals surface area contributed by atoms with Crippen LogP contribution in [0.25, 0.3) is 0 Å². The molecule has 0 saturated carbocycles. The number of azo groups is 1. The molecule has 0 bridgehead atoms. The first-order chi connectivity index (χ1) is 4.86. The van der Waals surface area contributed by atoms with Gasteiger partial charge in [-0.25, -0.2) is 14.6 Å². The van der Waals surface area contributed by atoms with Crippen LogP contribution in [-0.2, 0) is 6.54 Å². The van der Waals surface area contributed by atoms with Gasteiger partial charge in [0.2, 0.25) is 0 Å². The minimum Gasteiger partial charge on any atom is -0.247 e. The van der Waals surface area contributed by atoms with Crippen molar-refractivity contribution >= 4 is 5.95 Å². The Morgan fingerprint density at radius 2 is 2.50 bits per heavy atom. The van der Waals surface area contributed by atoms with Crippen LogP contribution >= 0.6 is 0 Å². The second kappa shape index (κ2) is 1.76. The number of aromatic amines is 1. The Labute approximate surface area is 55.6 Å². The van der Waals surface area contributed by atoms with Crippen LogP contribution in [0, 0.1) is 0 Å². The lowest BCUT2D eigenvalue weighted by Crippen LogP contribution is -2.09. The number of fused-ring (bicyclic) bond motifs is 1. The van der Waals surface area contributed by atoms with E-state index in [-0.39, 0.29) is 5.69 Å². The van der Waals surface area contributed by atoms with Crippen molar-refractivity contribution in [1.82, 2.24) is 14.8 Å². The average molecular weight is 139 g/mol. The number of nitrogens with zero attached hydrogens (tertiary/aromatic N) is 4. The number of aromatic nitrogens is 3. The smallest absolute Gasteiger partial charge is 0.247 e. The van der Waals surface area contributed by atoms with Crippen LogP contribution in [0.4, 0.5) is 5.95 Å². The third-order valence-electron chi connectivity index (χ3n) is 1.26. The Kier molecular flexibility index (Phi) is 0.938. The van der Waals surface area contributed by atoms with Gasteiger partial charge in [-0.3, -0.25) is 0 Å². The lowest BCUT2D eigenvalue weighted by atomic mass is 10.6. The molecule has 1 aromatic heterocycles. The van der Waals surface area contributed by atoms with E-state index in [9.17, 15) is 4.79 Å². The van der Waals surface area contributed by atoms with Gasteiger partial charge in [0.1, 0.15) is 0 Å². The number of rotatable bonds is 0. The number of hydrogen-bond donors (Lipinski definition) is 1. The molecule has 0 spiro atoms. The van der Waals surface area contributed by atoms with Gasteiger partial charge in [0.05, 0.1) is 13.1 Å². The standard InChI is InChI=1S/C4H5N5O/c10-4-6-3-7-5-1-2-9(3)8-4/h1-2H2,(H,8,10). The van der Waals surface area contributed by atoms with Gasteiger partial charge in [-0.05, 0) is 0 Å². The van der Waals surface area contributed by atoms with E-state index >= 15 is 0 Å². The highest BCUT2D eigenvalue weighted by Gasteiger charge is 2.07. The van der Waals surface area contributed by atoms with Crippen LogP contribution in [-0.4, -0.2) is 21.3 Å². The molecule has 52 valence electrons. The van der Waals surface area contributed by atoms with Crippen molar-refractivity contribution in [2.75, 3.05) is 6.54 Å². The topological polar surface area (TPSA) is 75.4 Å². The Morgan fingerprint density at radius 3 is 3.30 bits per heavy atom. The Balaban J connectivity index is 2.63. The summed E-state index contributed by atoms with van der Waals surface area (Å²) >= 11 is 0. The van der Waals surface area contributed by atoms with Gasteiger partial charge in [0, 0.05) is 0 Å². The lowest BCUT2D eigenvalue weighted by molar-refractivity contribution is 0.582. The van der Waals surface area contributed by atoms with Gasteiger partial charge < -0.3 is 0 Å². The van der Waals surface area contributed by atoms with E-state index in [1.807, 2.05) is 0 Å². The van der Waals surface area contributed by atoms with E-state index in [2.05, 4.69) is 20.3 Å². The van der Waals surface area contributed by atoms with Crippen molar-refractivity contribution in [2.24, 2.45) is 10.2 Å². The van der Waals surface area contributed by atoms with Gasteiger partial charge in [-0.1, -0.05) is 0 Å². The normalized spacial score (nSPS) is 15.2. The molecule has 1 N–H and O–H groups in total. The summed E-state index contributed by atoms with van der Waals surface area (Å²) in [6.45, 7) is 1.27. The van der Waals surface area contributed by atoms with Gasteiger partial charge in [0.15, 0.2) is 0 Å². The molecule has 2 heterocycles. The zero-order chi connectivity index (χ0) is 6.97. The quantitative estimate of drug-likeness (QED) is 0.534. The van der Waals surface area contributed by atoms with Gasteiger partial charge in [-0.15, -0.1) is 5.11 Å². The molecule has 2 rings (SSSR count). The van der Waals surface area contributed by atoms with Crippen LogP contribution in [0.3, 0.4) is 0 Å². The second-order valence-electron chi connectivity index (χ2n) is 1.95. The van der Waals surface area contributed by atoms with Gasteiger partial charge in [0.25, 0.3) is 5.95 Å². The number of H-pyrrole nitrogens is 1. The fraction of sp³-hybridized carbons (Fsp3) is 0.500. The molecule has 1 aromatic rings. The number of hydrogen-bond acceptors (Lipinski definition) is 4. The number of nitrogens with one attached hydrogen (secondary N) is 1. The molecule has 0 amide bonds. The third kappa shape index (κ3) is 0.652. The molecule has 0 radical (unpaired) electrons. The van der Waals surface area contributed by atoms with Crippen molar-refractivity contribution in [3.63, 3.8) is 0 Å². The third-order valence-corrected chi connectivity index (χ3v) is 1.26. The zero-order valence-electron chi connectivity index (χ0n) is 5.11. The van der Waals surface area contributed by atoms with E-state index < -0.39 is 0 Å². The molecule has 0 fully saturated rings. The predicted octanol–water partition coefficient (Wildman–Crippen LogP) is -0.331. The highest BCUT2D eigenvalue weighted by Crippen LogP contribution is 2.07. The molecule has 0 aromatic carbocycles. The maximum atomic E-state index is 10.6. The van der Waals surface area contributed by atoms with Crippen LogP contribution in [0.15, 0.2) is 15.0 Å². The highest BCUT2D eigenvalue weighted by atomic mass is 16.1. The summed E-state index contributed by atoms with van der Waals surface area (Å²) in [7, 11) is 0. The van der Waals surface area contributed by atoms with Crippen molar-refractivity contribution in [2.45, 2.75) is 6.54 Å². The first-order valence-corrected chi connectivity index (χ1v) is 2.90. The van der Waals surface area contributed by atoms with Crippen LogP contribution in [0.2, 0.25) is 0 Å². The first-order valence-electron chi connectivity index (χ1n) is 2.90. The predicted molar refractivity (Wildman–Crippen MR) is 32.2 cm³/mol. The minimum atomic E-state index is -0.365. The molecule has 1 aliphatic rings. The van der Waals surface area contributed by atoms with Crippen molar-refractivity contribution in [1.29, 1.82) is 0 Å². The molecular formula is C4H5N5O. The van der Waals surface area contributed by atoms with Crippen molar-refractivity contribution in [3.05, 3.63) is 10.5 Å². The van der Waals surface area contributed by atoms with Gasteiger partial charge in [-0.2, -0.15) is 10.1 Å². The molecule has 6 heteroatoms. The monoisotopic (exact) mass is 139 g/mol. The lowest BCUT2D eigenvalue weighted by Gasteiger charge is -2.02. The maximum Gasteiger partial charge on any atom is 0.363 e. The minimum absolute atomic E-state index is 0.365. The molecule has 1 aliphatic heterocycles. The van der Waals surface area contributed by atoms with Crippen LogP contribution in [0.5, 0.6) is 0 Å². The van der Waals surface area contributed by atoms with Crippen LogP contribution < -0.4 is 5.69 Å². The van der Waals surface area contributed by atoms with E-state index in [4.69, 9.17) is 0 Å². The molecular weight excluding hydrogens is 134 g/mol. The van der Waals surface area contributed by atoms with E-state index in [0.29, 0.717) is 19.0 Å². The first kappa shape index (κ1) is 5.33. The van der Waals surface area contributed by atoms with Crippen molar-refractivity contribution < 1.29 is 0 Å². The largest absolute Gasteiger partial charge is 0.363 e. The van der Waals surface area contributed by atoms with Gasteiger partial charge >= 0.3 is 5.69 Å². The SMILES string of the molecule is O=c1nc2n([nH]1)CCN=N2. The molecule has 6 nitrogen and oxygen atoms in total. The molecule has 0 aliphatic carbocycles. The maximum absolute atomic E-state index is 10.6. The van der Waals surface area contributed by atoms with Crippen molar-refractivity contribution in [3.8, 4) is 0 Å². The summed E-state index contributed by atoms with van der Waals surface area (Å²) in [4.78, 5) is 14.1. The molecule has 0 saturated heterocycles. The Morgan fingerprint density at radius 1 is 1.60 bits per heavy atom. The second-order valence-corrected chi connectivity index (χ2v) is 1.95. The summed E-state index contributed by atoms with van der Waals surface area (Å²) in [5.74, 6) is 0.372. The Bertz CT molecular complexity index is 321. The fourth-order valence-corrected chi connectivity index (χ4v) is 0.832. The average Bonchev–Trinajstić information content (AvgIpc) is 2.27. The zero-order valence-corrected chi connectivity index (χ0v) is 5.11. The summed E-state index contributed by atoms with van der Waals surface area (Å²) in [6.07, 6.45) is 0. The van der Waals surface area contributed by atoms with Crippen LogP contribution in [0.1, 0.15) is 0 Å². The molecule has 0 atom stereocenters. The summed E-state index contributed by atoms with van der Waals surface area (Å²) < 4.78 is 1.58. The summed E-state index contributed by atoms with van der Waals surface area (Å²) in [5, 5.41) is 9.87. The highest BCUT2D eigenvalue weighted by molar-refractivity contribution is 5.11. The van der Waals surface area contributed by atoms with E-state index in [0.717, 1.165) is 0 Å². The summed E-state index contributed by atoms with van der Waals surface area (Å²) in [6, 6.07) is 0. The molecule has 10 heavy (non-hydrogen) atoms. The Hall–Kier alpha value is -1.46. The van der Waals surface area contributed by atoms with E-state index in [1.165, 1.54) is 0 Å². The van der Waals surface area contributed by atoms with E-state index in [1.54, 1.807) is 4.68 Å². The summed E-state index contributed by atoms with van der Waals surface area (Å²) in [5.41, 5.74) is -0.365.